The highest BCUT2D eigenvalue weighted by molar-refractivity contribution is 6.04. The number of benzene rings is 2. The molecule has 0 fully saturated rings. The summed E-state index contributed by atoms with van der Waals surface area (Å²) >= 11 is 0. The Kier molecular flexibility index (Phi) is 6.33. The lowest BCUT2D eigenvalue weighted by Gasteiger charge is -2.09. The van der Waals surface area contributed by atoms with Crippen LogP contribution in [0.1, 0.15) is 27.6 Å². The molecule has 0 heterocycles. The van der Waals surface area contributed by atoms with Crippen LogP contribution >= 0.6 is 0 Å². The predicted octanol–water partition coefficient (Wildman–Crippen LogP) is 2.45. The second-order valence-electron chi connectivity index (χ2n) is 4.97. The lowest BCUT2D eigenvalue weighted by atomic mass is 10.1. The molecule has 2 rings (SSSR count). The number of hydrogen-bond donors (Lipinski definition) is 2. The number of hydrogen-bond acceptors (Lipinski definition) is 4. The van der Waals surface area contributed by atoms with E-state index in [4.69, 9.17) is 15.2 Å². The number of carbonyl (C=O) groups is 2. The molecule has 0 bridgehead atoms. The summed E-state index contributed by atoms with van der Waals surface area (Å²) in [6, 6.07) is 13.3. The molecule has 0 spiro atoms. The normalized spacial score (nSPS) is 10.2. The first-order valence-electron chi connectivity index (χ1n) is 7.62. The van der Waals surface area contributed by atoms with Crippen LogP contribution in [0.2, 0.25) is 0 Å². The first-order valence-corrected chi connectivity index (χ1v) is 7.62. The highest BCUT2D eigenvalue weighted by atomic mass is 16.5. The van der Waals surface area contributed by atoms with E-state index in [1.54, 1.807) is 48.5 Å². The molecule has 0 aliphatic rings. The van der Waals surface area contributed by atoms with Crippen LogP contribution in [0.25, 0.3) is 0 Å². The van der Waals surface area contributed by atoms with Crippen molar-refractivity contribution in [2.75, 3.05) is 25.1 Å². The number of carbonyl (C=O) groups excluding carboxylic acids is 2. The summed E-state index contributed by atoms with van der Waals surface area (Å²) in [4.78, 5) is 23.3. The van der Waals surface area contributed by atoms with E-state index < -0.39 is 5.91 Å². The third kappa shape index (κ3) is 5.10. The Labute approximate surface area is 140 Å². The monoisotopic (exact) mass is 328 g/mol. The van der Waals surface area contributed by atoms with Crippen LogP contribution in [0.15, 0.2) is 48.5 Å². The van der Waals surface area contributed by atoms with Gasteiger partial charge < -0.3 is 20.5 Å². The van der Waals surface area contributed by atoms with Crippen LogP contribution in [-0.2, 0) is 4.74 Å². The molecule has 6 heteroatoms. The SMILES string of the molecule is CCOCCOc1cccc(C(=O)Nc2ccc(C(N)=O)cc2)c1. The third-order valence-corrected chi connectivity index (χ3v) is 3.22. The Balaban J connectivity index is 1.97. The van der Waals surface area contributed by atoms with Crippen LogP contribution in [0, 0.1) is 0 Å². The number of rotatable bonds is 8. The van der Waals surface area contributed by atoms with Gasteiger partial charge in [0.25, 0.3) is 5.91 Å². The van der Waals surface area contributed by atoms with Crippen LogP contribution in [0.3, 0.4) is 0 Å². The minimum absolute atomic E-state index is 0.267. The summed E-state index contributed by atoms with van der Waals surface area (Å²) in [6.07, 6.45) is 0. The third-order valence-electron chi connectivity index (χ3n) is 3.22. The van der Waals surface area contributed by atoms with Crippen molar-refractivity contribution in [2.45, 2.75) is 6.92 Å². The molecule has 0 aromatic heterocycles. The number of nitrogens with two attached hydrogens (primary N) is 1. The largest absolute Gasteiger partial charge is 0.491 e. The quantitative estimate of drug-likeness (QED) is 0.728. The maximum atomic E-state index is 12.3. The van der Waals surface area contributed by atoms with Gasteiger partial charge in [-0.05, 0) is 49.4 Å². The Morgan fingerprint density at radius 1 is 1.04 bits per heavy atom. The van der Waals surface area contributed by atoms with Gasteiger partial charge in [0.2, 0.25) is 5.91 Å². The summed E-state index contributed by atoms with van der Waals surface area (Å²) in [5.41, 5.74) is 6.62. The Morgan fingerprint density at radius 2 is 1.79 bits per heavy atom. The molecule has 2 aromatic carbocycles. The fourth-order valence-corrected chi connectivity index (χ4v) is 2.01. The van der Waals surface area contributed by atoms with Crippen LogP contribution < -0.4 is 15.8 Å². The number of nitrogens with one attached hydrogen (secondary N) is 1. The molecule has 2 amide bonds. The summed E-state index contributed by atoms with van der Waals surface area (Å²) in [6.45, 7) is 3.48. The minimum atomic E-state index is -0.509. The Hall–Kier alpha value is -2.86. The van der Waals surface area contributed by atoms with E-state index >= 15 is 0 Å². The van der Waals surface area contributed by atoms with E-state index in [0.717, 1.165) is 0 Å². The van der Waals surface area contributed by atoms with Gasteiger partial charge in [-0.15, -0.1) is 0 Å². The van der Waals surface area contributed by atoms with E-state index in [1.807, 2.05) is 6.92 Å². The zero-order chi connectivity index (χ0) is 17.4. The molecule has 24 heavy (non-hydrogen) atoms. The highest BCUT2D eigenvalue weighted by Crippen LogP contribution is 2.16. The molecule has 0 saturated carbocycles. The Morgan fingerprint density at radius 3 is 2.46 bits per heavy atom. The molecule has 0 atom stereocenters. The highest BCUT2D eigenvalue weighted by Gasteiger charge is 2.08. The molecule has 3 N–H and O–H groups in total. The van der Waals surface area contributed by atoms with E-state index in [9.17, 15) is 9.59 Å². The van der Waals surface area contributed by atoms with Crippen LogP contribution in [0.4, 0.5) is 5.69 Å². The number of ether oxygens (including phenoxy) is 2. The van der Waals surface area contributed by atoms with E-state index in [1.165, 1.54) is 0 Å². The van der Waals surface area contributed by atoms with Gasteiger partial charge in [0, 0.05) is 23.4 Å². The molecular weight excluding hydrogens is 308 g/mol. The van der Waals surface area contributed by atoms with E-state index in [0.29, 0.717) is 42.4 Å². The lowest BCUT2D eigenvalue weighted by molar-refractivity contribution is 0.0998. The van der Waals surface area contributed by atoms with Crippen LogP contribution in [-0.4, -0.2) is 31.6 Å². The number of amides is 2. The average Bonchev–Trinajstić information content (AvgIpc) is 2.59. The van der Waals surface area contributed by atoms with E-state index in [-0.39, 0.29) is 5.91 Å². The fourth-order valence-electron chi connectivity index (χ4n) is 2.01. The lowest BCUT2D eigenvalue weighted by Crippen LogP contribution is -2.13. The number of anilines is 1. The van der Waals surface area contributed by atoms with Crippen molar-refractivity contribution >= 4 is 17.5 Å². The summed E-state index contributed by atoms with van der Waals surface area (Å²) in [7, 11) is 0. The van der Waals surface area contributed by atoms with Gasteiger partial charge in [-0.25, -0.2) is 0 Å². The van der Waals surface area contributed by atoms with Crippen molar-refractivity contribution in [3.63, 3.8) is 0 Å². The zero-order valence-electron chi connectivity index (χ0n) is 13.5. The van der Waals surface area contributed by atoms with Gasteiger partial charge in [-0.3, -0.25) is 9.59 Å². The molecule has 2 aromatic rings. The van der Waals surface area contributed by atoms with Gasteiger partial charge in [-0.1, -0.05) is 6.07 Å². The van der Waals surface area contributed by atoms with Crippen molar-refractivity contribution in [2.24, 2.45) is 5.73 Å². The standard InChI is InChI=1S/C18H20N2O4/c1-2-23-10-11-24-16-5-3-4-14(12-16)18(22)20-15-8-6-13(7-9-15)17(19)21/h3-9,12H,2,10-11H2,1H3,(H2,19,21)(H,20,22). The first kappa shape index (κ1) is 17.5. The predicted molar refractivity (Wildman–Crippen MR) is 91.3 cm³/mol. The van der Waals surface area contributed by atoms with Gasteiger partial charge >= 0.3 is 0 Å². The summed E-state index contributed by atoms with van der Waals surface area (Å²) in [5, 5.41) is 2.76. The van der Waals surface area contributed by atoms with Crippen molar-refractivity contribution in [1.82, 2.24) is 0 Å². The van der Waals surface area contributed by atoms with Crippen molar-refractivity contribution in [1.29, 1.82) is 0 Å². The smallest absolute Gasteiger partial charge is 0.255 e. The summed E-state index contributed by atoms with van der Waals surface area (Å²) < 4.78 is 10.7. The fraction of sp³-hybridized carbons (Fsp3) is 0.222. The maximum absolute atomic E-state index is 12.3. The topological polar surface area (TPSA) is 90.7 Å². The Bertz CT molecular complexity index is 698. The molecule has 0 aliphatic carbocycles. The second-order valence-corrected chi connectivity index (χ2v) is 4.97. The molecule has 126 valence electrons. The van der Waals surface area contributed by atoms with Gasteiger partial charge in [0.15, 0.2) is 0 Å². The molecule has 0 radical (unpaired) electrons. The molecule has 6 nitrogen and oxygen atoms in total. The van der Waals surface area contributed by atoms with E-state index in [2.05, 4.69) is 5.32 Å². The van der Waals surface area contributed by atoms with Crippen molar-refractivity contribution in [3.8, 4) is 5.75 Å². The second kappa shape index (κ2) is 8.69. The van der Waals surface area contributed by atoms with Gasteiger partial charge in [0.1, 0.15) is 12.4 Å². The molecule has 0 aliphatic heterocycles. The molecule has 0 saturated heterocycles. The number of primary amides is 1. The van der Waals surface area contributed by atoms with Crippen molar-refractivity contribution in [3.05, 3.63) is 59.7 Å². The first-order chi connectivity index (χ1) is 11.6. The molecule has 0 unspecified atom stereocenters. The maximum Gasteiger partial charge on any atom is 0.255 e. The average molecular weight is 328 g/mol. The summed E-state index contributed by atoms with van der Waals surface area (Å²) in [5.74, 6) is -0.173. The molecular formula is C18H20N2O4. The van der Waals surface area contributed by atoms with Crippen LogP contribution in [0.5, 0.6) is 5.75 Å². The van der Waals surface area contributed by atoms with Crippen molar-refractivity contribution < 1.29 is 19.1 Å². The van der Waals surface area contributed by atoms with Gasteiger partial charge in [-0.2, -0.15) is 0 Å². The minimum Gasteiger partial charge on any atom is -0.491 e. The zero-order valence-corrected chi connectivity index (χ0v) is 13.5. The van der Waals surface area contributed by atoms with Gasteiger partial charge in [0.05, 0.1) is 6.61 Å².